The molecule has 0 aromatic heterocycles. The van der Waals surface area contributed by atoms with Crippen LogP contribution in [-0.4, -0.2) is 55.5 Å². The highest BCUT2D eigenvalue weighted by molar-refractivity contribution is 5.95. The zero-order chi connectivity index (χ0) is 22.1. The van der Waals surface area contributed by atoms with Crippen LogP contribution in [0.1, 0.15) is 5.56 Å². The number of amides is 2. The van der Waals surface area contributed by atoms with Gasteiger partial charge in [-0.05, 0) is 29.8 Å². The molecule has 1 aliphatic rings. The van der Waals surface area contributed by atoms with Gasteiger partial charge in [-0.3, -0.25) is 9.59 Å². The quantitative estimate of drug-likeness (QED) is 0.542. The second-order valence-corrected chi connectivity index (χ2v) is 6.99. The van der Waals surface area contributed by atoms with E-state index in [2.05, 4.69) is 10.2 Å². The third kappa shape index (κ3) is 6.95. The predicted octanol–water partition coefficient (Wildman–Crippen LogP) is 1.89. The average Bonchev–Trinajstić information content (AvgIpc) is 2.81. The number of ether oxygens (including phenoxy) is 1. The minimum Gasteiger partial charge on any atom is -0.452 e. The van der Waals surface area contributed by atoms with Crippen LogP contribution in [0.4, 0.5) is 10.1 Å². The molecule has 0 spiro atoms. The molecule has 2 amide bonds. The van der Waals surface area contributed by atoms with Crippen LogP contribution >= 0.6 is 0 Å². The summed E-state index contributed by atoms with van der Waals surface area (Å²) in [4.78, 5) is 39.7. The SMILES string of the molecule is O=C(COC(=O)/C=C/C(=O)N1CCN(c2ccccc2)CC1)NCc1ccc(F)cc1. The van der Waals surface area contributed by atoms with Gasteiger partial charge in [-0.15, -0.1) is 0 Å². The number of hydrogen-bond donors (Lipinski definition) is 1. The highest BCUT2D eigenvalue weighted by atomic mass is 19.1. The number of halogens is 1. The van der Waals surface area contributed by atoms with Crippen molar-refractivity contribution in [2.75, 3.05) is 37.7 Å². The van der Waals surface area contributed by atoms with Crippen molar-refractivity contribution in [1.29, 1.82) is 0 Å². The summed E-state index contributed by atoms with van der Waals surface area (Å²) >= 11 is 0. The van der Waals surface area contributed by atoms with Gasteiger partial charge in [-0.25, -0.2) is 9.18 Å². The predicted molar refractivity (Wildman–Crippen MR) is 114 cm³/mol. The lowest BCUT2D eigenvalue weighted by molar-refractivity contribution is -0.144. The topological polar surface area (TPSA) is 79.0 Å². The number of hydrogen-bond acceptors (Lipinski definition) is 5. The zero-order valence-corrected chi connectivity index (χ0v) is 17.0. The van der Waals surface area contributed by atoms with E-state index in [4.69, 9.17) is 4.74 Å². The zero-order valence-electron chi connectivity index (χ0n) is 17.0. The molecule has 2 aromatic carbocycles. The van der Waals surface area contributed by atoms with E-state index in [1.54, 1.807) is 17.0 Å². The Hall–Kier alpha value is -3.68. The molecule has 0 atom stereocenters. The van der Waals surface area contributed by atoms with Crippen molar-refractivity contribution in [3.8, 4) is 0 Å². The molecule has 0 bridgehead atoms. The lowest BCUT2D eigenvalue weighted by atomic mass is 10.2. The molecule has 7 nitrogen and oxygen atoms in total. The first-order chi connectivity index (χ1) is 15.0. The first-order valence-corrected chi connectivity index (χ1v) is 9.96. The first kappa shape index (κ1) is 22.0. The van der Waals surface area contributed by atoms with Crippen LogP contribution in [-0.2, 0) is 25.7 Å². The summed E-state index contributed by atoms with van der Waals surface area (Å²) in [6, 6.07) is 15.7. The van der Waals surface area contributed by atoms with Gasteiger partial charge in [-0.1, -0.05) is 30.3 Å². The minimum absolute atomic E-state index is 0.194. The summed E-state index contributed by atoms with van der Waals surface area (Å²) in [5, 5.41) is 2.57. The third-order valence-corrected chi connectivity index (χ3v) is 4.82. The van der Waals surface area contributed by atoms with Crippen LogP contribution in [0.3, 0.4) is 0 Å². The fourth-order valence-corrected chi connectivity index (χ4v) is 3.11. The highest BCUT2D eigenvalue weighted by Gasteiger charge is 2.20. The van der Waals surface area contributed by atoms with Gasteiger partial charge in [0.15, 0.2) is 6.61 Å². The Balaban J connectivity index is 1.35. The summed E-state index contributed by atoms with van der Waals surface area (Å²) in [6.07, 6.45) is 2.19. The molecule has 1 saturated heterocycles. The molecule has 0 unspecified atom stereocenters. The van der Waals surface area contributed by atoms with Crippen LogP contribution in [0.5, 0.6) is 0 Å². The molecule has 31 heavy (non-hydrogen) atoms. The summed E-state index contributed by atoms with van der Waals surface area (Å²) in [5.74, 6) is -1.89. The fourth-order valence-electron chi connectivity index (χ4n) is 3.11. The molecule has 162 valence electrons. The van der Waals surface area contributed by atoms with Gasteiger partial charge in [0.05, 0.1) is 0 Å². The molecule has 3 rings (SSSR count). The van der Waals surface area contributed by atoms with Crippen LogP contribution in [0.2, 0.25) is 0 Å². The van der Waals surface area contributed by atoms with E-state index in [0.717, 1.165) is 23.4 Å². The van der Waals surface area contributed by atoms with Crippen LogP contribution in [0, 0.1) is 5.82 Å². The van der Waals surface area contributed by atoms with Gasteiger partial charge in [-0.2, -0.15) is 0 Å². The van der Waals surface area contributed by atoms with E-state index >= 15 is 0 Å². The maximum absolute atomic E-state index is 12.9. The van der Waals surface area contributed by atoms with Crippen molar-refractivity contribution in [2.24, 2.45) is 0 Å². The maximum Gasteiger partial charge on any atom is 0.331 e. The van der Waals surface area contributed by atoms with Crippen molar-refractivity contribution in [3.05, 3.63) is 78.1 Å². The molecule has 0 saturated carbocycles. The van der Waals surface area contributed by atoms with E-state index in [-0.39, 0.29) is 18.3 Å². The Kier molecular flexibility index (Phi) is 7.75. The second kappa shape index (κ2) is 10.9. The summed E-state index contributed by atoms with van der Waals surface area (Å²) in [5.41, 5.74) is 1.84. The van der Waals surface area contributed by atoms with Gasteiger partial charge in [0.25, 0.3) is 5.91 Å². The minimum atomic E-state index is -0.770. The summed E-state index contributed by atoms with van der Waals surface area (Å²) in [7, 11) is 0. The Labute approximate surface area is 180 Å². The van der Waals surface area contributed by atoms with Crippen molar-refractivity contribution in [2.45, 2.75) is 6.54 Å². The summed E-state index contributed by atoms with van der Waals surface area (Å²) < 4.78 is 17.7. The molecule has 2 aromatic rings. The lowest BCUT2D eigenvalue weighted by Gasteiger charge is -2.35. The van der Waals surface area contributed by atoms with Crippen LogP contribution in [0.15, 0.2) is 66.7 Å². The number of piperazine rings is 1. The van der Waals surface area contributed by atoms with E-state index in [0.29, 0.717) is 26.2 Å². The normalized spacial score (nSPS) is 13.8. The Morgan fingerprint density at radius 2 is 1.61 bits per heavy atom. The van der Waals surface area contributed by atoms with Crippen molar-refractivity contribution in [3.63, 3.8) is 0 Å². The molecule has 8 heteroatoms. The molecule has 1 aliphatic heterocycles. The van der Waals surface area contributed by atoms with E-state index in [1.165, 1.54) is 12.1 Å². The Bertz CT molecular complexity index is 924. The van der Waals surface area contributed by atoms with Crippen LogP contribution < -0.4 is 10.2 Å². The van der Waals surface area contributed by atoms with E-state index in [9.17, 15) is 18.8 Å². The van der Waals surface area contributed by atoms with Crippen molar-refractivity contribution in [1.82, 2.24) is 10.2 Å². The van der Waals surface area contributed by atoms with Gasteiger partial charge < -0.3 is 19.9 Å². The van der Waals surface area contributed by atoms with Crippen molar-refractivity contribution >= 4 is 23.5 Å². The maximum atomic E-state index is 12.9. The second-order valence-electron chi connectivity index (χ2n) is 6.99. The number of rotatable bonds is 7. The van der Waals surface area contributed by atoms with Gasteiger partial charge in [0.1, 0.15) is 5.82 Å². The number of benzene rings is 2. The summed E-state index contributed by atoms with van der Waals surface area (Å²) in [6.45, 7) is 2.26. The standard InChI is InChI=1S/C23H24FN3O4/c24-19-8-6-18(7-9-19)16-25-21(28)17-31-23(30)11-10-22(29)27-14-12-26(13-15-27)20-4-2-1-3-5-20/h1-11H,12-17H2,(H,25,28)/b11-10+. The molecular weight excluding hydrogens is 401 g/mol. The number of anilines is 1. The third-order valence-electron chi connectivity index (χ3n) is 4.82. The number of nitrogens with zero attached hydrogens (tertiary/aromatic N) is 2. The average molecular weight is 425 g/mol. The largest absolute Gasteiger partial charge is 0.452 e. The number of esters is 1. The fraction of sp³-hybridized carbons (Fsp3) is 0.261. The number of nitrogens with one attached hydrogen (secondary N) is 1. The monoisotopic (exact) mass is 425 g/mol. The van der Waals surface area contributed by atoms with E-state index in [1.807, 2.05) is 30.3 Å². The van der Waals surface area contributed by atoms with Crippen molar-refractivity contribution < 1.29 is 23.5 Å². The molecule has 0 radical (unpaired) electrons. The number of carbonyl (C=O) groups is 3. The van der Waals surface area contributed by atoms with E-state index < -0.39 is 18.5 Å². The Morgan fingerprint density at radius 1 is 0.935 bits per heavy atom. The Morgan fingerprint density at radius 3 is 2.29 bits per heavy atom. The lowest BCUT2D eigenvalue weighted by Crippen LogP contribution is -2.48. The van der Waals surface area contributed by atoms with Gasteiger partial charge in [0.2, 0.25) is 5.91 Å². The number of para-hydroxylation sites is 1. The molecule has 1 fully saturated rings. The smallest absolute Gasteiger partial charge is 0.331 e. The van der Waals surface area contributed by atoms with Gasteiger partial charge >= 0.3 is 5.97 Å². The molecule has 1 N–H and O–H groups in total. The molecule has 0 aliphatic carbocycles. The highest BCUT2D eigenvalue weighted by Crippen LogP contribution is 2.15. The first-order valence-electron chi connectivity index (χ1n) is 9.96. The molecule has 1 heterocycles. The van der Waals surface area contributed by atoms with Gasteiger partial charge in [0, 0.05) is 50.6 Å². The molecular formula is C23H24FN3O4. The van der Waals surface area contributed by atoms with Crippen LogP contribution in [0.25, 0.3) is 0 Å². The number of carbonyl (C=O) groups excluding carboxylic acids is 3.